The van der Waals surface area contributed by atoms with Crippen molar-refractivity contribution in [3.63, 3.8) is 0 Å². The fourth-order valence-corrected chi connectivity index (χ4v) is 1.15. The summed E-state index contributed by atoms with van der Waals surface area (Å²) in [5, 5.41) is 8.11. The van der Waals surface area contributed by atoms with Gasteiger partial charge in [-0.15, -0.1) is 5.10 Å². The molecule has 0 radical (unpaired) electrons. The van der Waals surface area contributed by atoms with Crippen molar-refractivity contribution in [3.8, 4) is 0 Å². The van der Waals surface area contributed by atoms with Crippen molar-refractivity contribution in [1.29, 1.82) is 0 Å². The molecule has 0 spiro atoms. The summed E-state index contributed by atoms with van der Waals surface area (Å²) in [7, 11) is 4.10. The lowest BCUT2D eigenvalue weighted by Crippen LogP contribution is -2.18. The van der Waals surface area contributed by atoms with Gasteiger partial charge in [-0.2, -0.15) is 0 Å². The first-order valence-corrected chi connectivity index (χ1v) is 4.96. The third kappa shape index (κ3) is 3.85. The lowest BCUT2D eigenvalue weighted by molar-refractivity contribution is 0.370. The second kappa shape index (κ2) is 5.72. The number of nitrogens with zero attached hydrogens (tertiary/aromatic N) is 4. The smallest absolute Gasteiger partial charge is 0.0827 e. The second-order valence-corrected chi connectivity index (χ2v) is 3.67. The molecular weight excluding hydrogens is 178 g/mol. The van der Waals surface area contributed by atoms with E-state index in [0.717, 1.165) is 31.6 Å². The van der Waals surface area contributed by atoms with Gasteiger partial charge < -0.3 is 10.6 Å². The molecular formula is C9H19N5. The van der Waals surface area contributed by atoms with Crippen LogP contribution in [0.4, 0.5) is 0 Å². The van der Waals surface area contributed by atoms with Crippen LogP contribution >= 0.6 is 0 Å². The van der Waals surface area contributed by atoms with Crippen LogP contribution in [0.2, 0.25) is 0 Å². The zero-order valence-electron chi connectivity index (χ0n) is 8.98. The topological polar surface area (TPSA) is 60.0 Å². The predicted molar refractivity (Wildman–Crippen MR) is 56.0 cm³/mol. The van der Waals surface area contributed by atoms with Gasteiger partial charge in [-0.05, 0) is 33.5 Å². The molecule has 0 aliphatic heterocycles. The van der Waals surface area contributed by atoms with E-state index < -0.39 is 0 Å². The predicted octanol–water partition coefficient (Wildman–Crippen LogP) is -0.269. The fraction of sp³-hybridized carbons (Fsp3) is 0.778. The van der Waals surface area contributed by atoms with Crippen LogP contribution < -0.4 is 5.73 Å². The molecule has 1 aromatic heterocycles. The highest BCUT2D eigenvalue weighted by Gasteiger charge is 2.00. The minimum Gasteiger partial charge on any atom is -0.330 e. The van der Waals surface area contributed by atoms with Gasteiger partial charge in [0.15, 0.2) is 0 Å². The lowest BCUT2D eigenvalue weighted by atomic mass is 10.2. The first-order valence-electron chi connectivity index (χ1n) is 4.96. The Hall–Kier alpha value is -0.940. The minimum atomic E-state index is 0.713. The maximum Gasteiger partial charge on any atom is 0.0827 e. The first kappa shape index (κ1) is 11.1. The van der Waals surface area contributed by atoms with Crippen molar-refractivity contribution in [1.82, 2.24) is 19.9 Å². The Kier molecular flexibility index (Phi) is 4.55. The van der Waals surface area contributed by atoms with Crippen molar-refractivity contribution < 1.29 is 0 Å². The van der Waals surface area contributed by atoms with E-state index in [9.17, 15) is 0 Å². The van der Waals surface area contributed by atoms with Crippen LogP contribution in [0.5, 0.6) is 0 Å². The van der Waals surface area contributed by atoms with Crippen molar-refractivity contribution in [2.24, 2.45) is 5.73 Å². The van der Waals surface area contributed by atoms with Crippen molar-refractivity contribution in [2.45, 2.75) is 19.4 Å². The Morgan fingerprint density at radius 2 is 2.29 bits per heavy atom. The average Bonchev–Trinajstić information content (AvgIpc) is 2.59. The maximum absolute atomic E-state index is 5.42. The molecule has 1 heterocycles. The summed E-state index contributed by atoms with van der Waals surface area (Å²) in [5.74, 6) is 0. The van der Waals surface area contributed by atoms with Gasteiger partial charge in [0.1, 0.15) is 0 Å². The summed E-state index contributed by atoms with van der Waals surface area (Å²) >= 11 is 0. The third-order valence-electron chi connectivity index (χ3n) is 2.00. The number of rotatable bonds is 6. The van der Waals surface area contributed by atoms with E-state index in [4.69, 9.17) is 5.73 Å². The van der Waals surface area contributed by atoms with E-state index in [-0.39, 0.29) is 0 Å². The Labute approximate surface area is 84.9 Å². The molecule has 0 saturated carbocycles. The van der Waals surface area contributed by atoms with E-state index in [2.05, 4.69) is 15.2 Å². The first-order chi connectivity index (χ1) is 6.72. The molecule has 5 heteroatoms. The number of hydrogen-bond donors (Lipinski definition) is 1. The van der Waals surface area contributed by atoms with Crippen molar-refractivity contribution >= 4 is 0 Å². The highest BCUT2D eigenvalue weighted by Crippen LogP contribution is 1.97. The maximum atomic E-state index is 5.42. The fourth-order valence-electron chi connectivity index (χ4n) is 1.15. The van der Waals surface area contributed by atoms with Crippen LogP contribution in [0.1, 0.15) is 12.1 Å². The lowest BCUT2D eigenvalue weighted by Gasteiger charge is -2.07. The van der Waals surface area contributed by atoms with Gasteiger partial charge >= 0.3 is 0 Å². The van der Waals surface area contributed by atoms with Gasteiger partial charge in [0.25, 0.3) is 0 Å². The van der Waals surface area contributed by atoms with Gasteiger partial charge in [-0.1, -0.05) is 5.21 Å². The number of nitrogens with two attached hydrogens (primary N) is 1. The molecule has 0 bridgehead atoms. The highest BCUT2D eigenvalue weighted by molar-refractivity contribution is 4.92. The quantitative estimate of drug-likeness (QED) is 0.682. The molecule has 1 aromatic rings. The van der Waals surface area contributed by atoms with Crippen LogP contribution in [0, 0.1) is 0 Å². The summed E-state index contributed by atoms with van der Waals surface area (Å²) in [4.78, 5) is 2.13. The largest absolute Gasteiger partial charge is 0.330 e. The van der Waals surface area contributed by atoms with Crippen LogP contribution in [0.3, 0.4) is 0 Å². The standard InChI is InChI=1S/C9H19N5/c1-13(2)6-7-14-8-9(11-12-14)4-3-5-10/h8H,3-7,10H2,1-2H3. The van der Waals surface area contributed by atoms with Crippen molar-refractivity contribution in [3.05, 3.63) is 11.9 Å². The molecule has 0 aromatic carbocycles. The van der Waals surface area contributed by atoms with Crippen LogP contribution in [0.25, 0.3) is 0 Å². The molecule has 1 rings (SSSR count). The highest BCUT2D eigenvalue weighted by atomic mass is 15.4. The van der Waals surface area contributed by atoms with Gasteiger partial charge in [0, 0.05) is 12.7 Å². The molecule has 2 N–H and O–H groups in total. The third-order valence-corrected chi connectivity index (χ3v) is 2.00. The normalized spacial score (nSPS) is 11.1. The summed E-state index contributed by atoms with van der Waals surface area (Å²) < 4.78 is 1.88. The van der Waals surface area contributed by atoms with E-state index >= 15 is 0 Å². The monoisotopic (exact) mass is 197 g/mol. The molecule has 0 saturated heterocycles. The second-order valence-electron chi connectivity index (χ2n) is 3.67. The molecule has 0 aliphatic carbocycles. The summed E-state index contributed by atoms with van der Waals surface area (Å²) in [6.45, 7) is 2.59. The summed E-state index contributed by atoms with van der Waals surface area (Å²) in [5.41, 5.74) is 6.46. The minimum absolute atomic E-state index is 0.713. The van der Waals surface area contributed by atoms with E-state index in [1.54, 1.807) is 0 Å². The molecule has 80 valence electrons. The van der Waals surface area contributed by atoms with Gasteiger partial charge in [0.2, 0.25) is 0 Å². The zero-order valence-corrected chi connectivity index (χ0v) is 8.98. The molecule has 0 aliphatic rings. The van der Waals surface area contributed by atoms with Crippen molar-refractivity contribution in [2.75, 3.05) is 27.2 Å². The number of likely N-dealkylation sites (N-methyl/N-ethyl adjacent to an activating group) is 1. The molecule has 0 unspecified atom stereocenters. The van der Waals surface area contributed by atoms with Crippen LogP contribution in [-0.2, 0) is 13.0 Å². The number of aromatic nitrogens is 3. The Bertz CT molecular complexity index is 255. The number of aryl methyl sites for hydroxylation is 1. The van der Waals surface area contributed by atoms with Gasteiger partial charge in [0.05, 0.1) is 12.2 Å². The van der Waals surface area contributed by atoms with Gasteiger partial charge in [-0.3, -0.25) is 4.68 Å². The summed E-state index contributed by atoms with van der Waals surface area (Å²) in [6.07, 6.45) is 3.91. The SMILES string of the molecule is CN(C)CCn1cc(CCCN)nn1. The number of hydrogen-bond acceptors (Lipinski definition) is 4. The molecule has 0 atom stereocenters. The molecule has 5 nitrogen and oxygen atoms in total. The molecule has 0 fully saturated rings. The van der Waals surface area contributed by atoms with E-state index in [0.29, 0.717) is 6.54 Å². The zero-order chi connectivity index (χ0) is 10.4. The van der Waals surface area contributed by atoms with Crippen LogP contribution in [0.15, 0.2) is 6.20 Å². The summed E-state index contributed by atoms with van der Waals surface area (Å²) in [6, 6.07) is 0. The van der Waals surface area contributed by atoms with Crippen LogP contribution in [-0.4, -0.2) is 47.1 Å². The van der Waals surface area contributed by atoms with E-state index in [1.807, 2.05) is 25.0 Å². The molecule has 14 heavy (non-hydrogen) atoms. The Morgan fingerprint density at radius 3 is 2.93 bits per heavy atom. The Balaban J connectivity index is 2.35. The molecule has 0 amide bonds. The van der Waals surface area contributed by atoms with E-state index in [1.165, 1.54) is 0 Å². The Morgan fingerprint density at radius 1 is 1.50 bits per heavy atom. The average molecular weight is 197 g/mol. The van der Waals surface area contributed by atoms with Gasteiger partial charge in [-0.25, -0.2) is 0 Å².